The van der Waals surface area contributed by atoms with Crippen LogP contribution < -0.4 is 5.32 Å². The number of benzene rings is 1. The van der Waals surface area contributed by atoms with Crippen LogP contribution in [0.4, 0.5) is 0 Å². The zero-order valence-electron chi connectivity index (χ0n) is 18.2. The lowest BCUT2D eigenvalue weighted by molar-refractivity contribution is -0.128. The molecule has 158 valence electrons. The summed E-state index contributed by atoms with van der Waals surface area (Å²) in [5.74, 6) is -0.0575. The fourth-order valence-corrected chi connectivity index (χ4v) is 5.75. The first kappa shape index (κ1) is 22.9. The SMILES string of the molecule is Cc1ccc(CS(=O)(=O)N2CCC(C(=O)NC(C)(C)CC(C)(C)C)CC2)cc1. The fourth-order valence-electron chi connectivity index (χ4n) is 4.19. The van der Waals surface area contributed by atoms with E-state index in [4.69, 9.17) is 0 Å². The molecule has 2 rings (SSSR count). The van der Waals surface area contributed by atoms with Gasteiger partial charge >= 0.3 is 0 Å². The average Bonchev–Trinajstić information content (AvgIpc) is 2.54. The van der Waals surface area contributed by atoms with Crippen LogP contribution in [0.3, 0.4) is 0 Å². The maximum Gasteiger partial charge on any atom is 0.223 e. The van der Waals surface area contributed by atoms with Crippen molar-refractivity contribution in [2.75, 3.05) is 13.1 Å². The van der Waals surface area contributed by atoms with Gasteiger partial charge in [0.2, 0.25) is 15.9 Å². The number of hydrogen-bond acceptors (Lipinski definition) is 3. The normalized spacial score (nSPS) is 17.5. The standard InChI is InChI=1S/C22H36N2O3S/c1-17-7-9-18(10-8-17)15-28(26,27)24-13-11-19(12-14-24)20(25)23-22(5,6)16-21(2,3)4/h7-10,19H,11-16H2,1-6H3,(H,23,25). The van der Waals surface area contributed by atoms with Crippen molar-refractivity contribution >= 4 is 15.9 Å². The van der Waals surface area contributed by atoms with Crippen LogP contribution in [0, 0.1) is 18.3 Å². The van der Waals surface area contributed by atoms with Crippen LogP contribution in [-0.4, -0.2) is 37.3 Å². The molecule has 0 saturated carbocycles. The summed E-state index contributed by atoms with van der Waals surface area (Å²) in [5.41, 5.74) is 1.77. The fraction of sp³-hybridized carbons (Fsp3) is 0.682. The van der Waals surface area contributed by atoms with Crippen molar-refractivity contribution in [3.63, 3.8) is 0 Å². The molecule has 1 amide bonds. The summed E-state index contributed by atoms with van der Waals surface area (Å²) in [4.78, 5) is 12.7. The molecule has 0 radical (unpaired) electrons. The van der Waals surface area contributed by atoms with Gasteiger partial charge in [-0.05, 0) is 51.0 Å². The molecule has 0 aliphatic carbocycles. The molecular formula is C22H36N2O3S. The molecule has 1 aromatic carbocycles. The number of sulfonamides is 1. The quantitative estimate of drug-likeness (QED) is 0.777. The second-order valence-electron chi connectivity index (χ2n) is 10.0. The number of carbonyl (C=O) groups is 1. The van der Waals surface area contributed by atoms with Gasteiger partial charge in [0, 0.05) is 24.5 Å². The molecular weight excluding hydrogens is 372 g/mol. The molecule has 1 N–H and O–H groups in total. The minimum atomic E-state index is -3.36. The van der Waals surface area contributed by atoms with Gasteiger partial charge in [-0.25, -0.2) is 12.7 Å². The molecule has 1 saturated heterocycles. The van der Waals surface area contributed by atoms with Crippen molar-refractivity contribution in [1.29, 1.82) is 0 Å². The van der Waals surface area contributed by atoms with Crippen molar-refractivity contribution in [2.45, 2.75) is 72.1 Å². The van der Waals surface area contributed by atoms with Crippen molar-refractivity contribution in [1.82, 2.24) is 9.62 Å². The number of nitrogens with zero attached hydrogens (tertiary/aromatic N) is 1. The maximum atomic E-state index is 12.7. The van der Waals surface area contributed by atoms with E-state index in [1.807, 2.05) is 31.2 Å². The molecule has 1 fully saturated rings. The lowest BCUT2D eigenvalue weighted by atomic mass is 9.81. The van der Waals surface area contributed by atoms with E-state index in [1.54, 1.807) is 0 Å². The topological polar surface area (TPSA) is 66.5 Å². The molecule has 1 heterocycles. The van der Waals surface area contributed by atoms with Crippen molar-refractivity contribution in [3.05, 3.63) is 35.4 Å². The van der Waals surface area contributed by atoms with Crippen molar-refractivity contribution in [3.8, 4) is 0 Å². The first-order valence-corrected chi connectivity index (χ1v) is 11.7. The third-order valence-corrected chi connectivity index (χ3v) is 6.97. The smallest absolute Gasteiger partial charge is 0.223 e. The lowest BCUT2D eigenvalue weighted by Crippen LogP contribution is -2.50. The van der Waals surface area contributed by atoms with Gasteiger partial charge in [-0.1, -0.05) is 50.6 Å². The van der Waals surface area contributed by atoms with Gasteiger partial charge in [0.05, 0.1) is 5.75 Å². The summed E-state index contributed by atoms with van der Waals surface area (Å²) in [6, 6.07) is 7.59. The number of amides is 1. The van der Waals surface area contributed by atoms with E-state index < -0.39 is 10.0 Å². The summed E-state index contributed by atoms with van der Waals surface area (Å²) in [5, 5.41) is 3.17. The summed E-state index contributed by atoms with van der Waals surface area (Å²) < 4.78 is 27.0. The summed E-state index contributed by atoms with van der Waals surface area (Å²) in [6.45, 7) is 13.4. The third-order valence-electron chi connectivity index (χ3n) is 5.12. The molecule has 0 atom stereocenters. The molecule has 0 bridgehead atoms. The minimum Gasteiger partial charge on any atom is -0.351 e. The van der Waals surface area contributed by atoms with Crippen LogP contribution in [0.1, 0.15) is 65.0 Å². The van der Waals surface area contributed by atoms with Gasteiger partial charge in [0.1, 0.15) is 0 Å². The van der Waals surface area contributed by atoms with Crippen LogP contribution >= 0.6 is 0 Å². The zero-order chi connectivity index (χ0) is 21.2. The lowest BCUT2D eigenvalue weighted by Gasteiger charge is -2.36. The van der Waals surface area contributed by atoms with E-state index in [9.17, 15) is 13.2 Å². The predicted molar refractivity (Wildman–Crippen MR) is 114 cm³/mol. The van der Waals surface area contributed by atoms with Crippen LogP contribution in [0.15, 0.2) is 24.3 Å². The monoisotopic (exact) mass is 408 g/mol. The Kier molecular flexibility index (Phi) is 6.98. The second kappa shape index (κ2) is 8.54. The van der Waals surface area contributed by atoms with Crippen LogP contribution in [-0.2, 0) is 20.6 Å². The number of piperidine rings is 1. The predicted octanol–water partition coefficient (Wildman–Crippen LogP) is 3.87. The molecule has 0 aromatic heterocycles. The molecule has 6 heteroatoms. The van der Waals surface area contributed by atoms with Gasteiger partial charge in [-0.3, -0.25) is 4.79 Å². The Hall–Kier alpha value is -1.40. The van der Waals surface area contributed by atoms with E-state index in [0.29, 0.717) is 25.9 Å². The molecule has 1 aromatic rings. The van der Waals surface area contributed by atoms with Crippen molar-refractivity contribution in [2.24, 2.45) is 11.3 Å². The van der Waals surface area contributed by atoms with Gasteiger partial charge in [-0.15, -0.1) is 0 Å². The number of rotatable bonds is 6. The molecule has 0 spiro atoms. The van der Waals surface area contributed by atoms with Crippen LogP contribution in [0.25, 0.3) is 0 Å². The Morgan fingerprint density at radius 1 is 1.07 bits per heavy atom. The highest BCUT2D eigenvalue weighted by atomic mass is 32.2. The Bertz CT molecular complexity index is 769. The van der Waals surface area contributed by atoms with Gasteiger partial charge in [0.15, 0.2) is 0 Å². The van der Waals surface area contributed by atoms with Crippen LogP contribution in [0.2, 0.25) is 0 Å². The summed E-state index contributed by atoms with van der Waals surface area (Å²) >= 11 is 0. The minimum absolute atomic E-state index is 0.0166. The maximum absolute atomic E-state index is 12.7. The highest BCUT2D eigenvalue weighted by Gasteiger charge is 2.34. The average molecular weight is 409 g/mol. The van der Waals surface area contributed by atoms with E-state index in [-0.39, 0.29) is 28.5 Å². The molecule has 0 unspecified atom stereocenters. The third kappa shape index (κ3) is 6.89. The molecule has 1 aliphatic heterocycles. The second-order valence-corrected chi connectivity index (χ2v) is 12.0. The summed E-state index contributed by atoms with van der Waals surface area (Å²) in [6.07, 6.45) is 2.03. The Morgan fingerprint density at radius 2 is 1.61 bits per heavy atom. The molecule has 1 aliphatic rings. The van der Waals surface area contributed by atoms with E-state index in [2.05, 4.69) is 39.9 Å². The van der Waals surface area contributed by atoms with Crippen LogP contribution in [0.5, 0.6) is 0 Å². The molecule has 5 nitrogen and oxygen atoms in total. The largest absolute Gasteiger partial charge is 0.351 e. The number of carbonyl (C=O) groups excluding carboxylic acids is 1. The van der Waals surface area contributed by atoms with E-state index >= 15 is 0 Å². The number of aryl methyl sites for hydroxylation is 1. The Labute approximate surface area is 170 Å². The number of nitrogens with one attached hydrogen (secondary N) is 1. The Morgan fingerprint density at radius 3 is 2.11 bits per heavy atom. The van der Waals surface area contributed by atoms with Gasteiger partial charge in [-0.2, -0.15) is 0 Å². The first-order valence-electron chi connectivity index (χ1n) is 10.1. The van der Waals surface area contributed by atoms with E-state index in [1.165, 1.54) is 4.31 Å². The summed E-state index contributed by atoms with van der Waals surface area (Å²) in [7, 11) is -3.36. The van der Waals surface area contributed by atoms with Gasteiger partial charge < -0.3 is 5.32 Å². The molecule has 28 heavy (non-hydrogen) atoms. The Balaban J connectivity index is 1.90. The highest BCUT2D eigenvalue weighted by Crippen LogP contribution is 2.28. The number of hydrogen-bond donors (Lipinski definition) is 1. The highest BCUT2D eigenvalue weighted by molar-refractivity contribution is 7.88. The first-order chi connectivity index (χ1) is 12.8. The zero-order valence-corrected chi connectivity index (χ0v) is 19.0. The van der Waals surface area contributed by atoms with E-state index in [0.717, 1.165) is 17.5 Å². The van der Waals surface area contributed by atoms with Gasteiger partial charge in [0.25, 0.3) is 0 Å². The van der Waals surface area contributed by atoms with Crippen molar-refractivity contribution < 1.29 is 13.2 Å².